The van der Waals surface area contributed by atoms with Crippen molar-refractivity contribution in [2.75, 3.05) is 53.2 Å². The van der Waals surface area contributed by atoms with E-state index < -0.39 is 29.9 Å². The van der Waals surface area contributed by atoms with Crippen LogP contribution >= 0.6 is 0 Å². The lowest BCUT2D eigenvalue weighted by Gasteiger charge is -2.34. The standard InChI is InChI=1S/C27H38N4O8/c1-4-10-31(39-13-5-2)24(33)16-29-15-19(18-6-7-21-22(14-18)38-17-37-21)25(26(34)35)20(29)8-12-30-23(32)9-11-28(3)27(30)36/h6-7,14,19-20,25H,4-5,8-13,15-17H2,1-3H3,(H,34,35)/t19-,20+,25?/m1/s1. The van der Waals surface area contributed by atoms with E-state index in [-0.39, 0.29) is 44.5 Å². The van der Waals surface area contributed by atoms with Crippen molar-refractivity contribution < 1.29 is 38.6 Å². The molecule has 214 valence electrons. The molecule has 0 bridgehead atoms. The van der Waals surface area contributed by atoms with Gasteiger partial charge in [0.2, 0.25) is 12.7 Å². The Morgan fingerprint density at radius 1 is 1.15 bits per heavy atom. The lowest BCUT2D eigenvalue weighted by Crippen LogP contribution is -2.52. The summed E-state index contributed by atoms with van der Waals surface area (Å²) in [5.74, 6) is -1.70. The third-order valence-corrected chi connectivity index (χ3v) is 7.52. The van der Waals surface area contributed by atoms with Gasteiger partial charge in [-0.25, -0.2) is 9.86 Å². The largest absolute Gasteiger partial charge is 0.481 e. The molecule has 1 aromatic carbocycles. The van der Waals surface area contributed by atoms with E-state index in [0.29, 0.717) is 44.2 Å². The van der Waals surface area contributed by atoms with Gasteiger partial charge in [0.25, 0.3) is 5.91 Å². The molecule has 3 aliphatic heterocycles. The third kappa shape index (κ3) is 6.27. The zero-order valence-corrected chi connectivity index (χ0v) is 22.8. The quantitative estimate of drug-likeness (QED) is 0.392. The Labute approximate surface area is 228 Å². The van der Waals surface area contributed by atoms with Crippen LogP contribution in [-0.4, -0.2) is 108 Å². The molecular formula is C27H38N4O8. The number of carbonyl (C=O) groups excluding carboxylic acids is 3. The topological polar surface area (TPSA) is 129 Å². The monoisotopic (exact) mass is 546 g/mol. The number of hydrogen-bond acceptors (Lipinski definition) is 8. The maximum atomic E-state index is 13.3. The van der Waals surface area contributed by atoms with E-state index in [1.807, 2.05) is 24.8 Å². The first-order chi connectivity index (χ1) is 18.7. The van der Waals surface area contributed by atoms with E-state index in [0.717, 1.165) is 12.0 Å². The Balaban J connectivity index is 1.60. The molecule has 1 N–H and O–H groups in total. The van der Waals surface area contributed by atoms with Crippen LogP contribution in [0.4, 0.5) is 4.79 Å². The van der Waals surface area contributed by atoms with Gasteiger partial charge in [0.15, 0.2) is 11.5 Å². The van der Waals surface area contributed by atoms with E-state index in [2.05, 4.69) is 0 Å². The Morgan fingerprint density at radius 2 is 1.92 bits per heavy atom. The van der Waals surface area contributed by atoms with Gasteiger partial charge in [-0.3, -0.25) is 29.0 Å². The summed E-state index contributed by atoms with van der Waals surface area (Å²) in [6.45, 7) is 5.53. The van der Waals surface area contributed by atoms with Crippen LogP contribution in [0, 0.1) is 5.92 Å². The number of hydroxylamine groups is 2. The van der Waals surface area contributed by atoms with E-state index in [1.165, 1.54) is 14.9 Å². The van der Waals surface area contributed by atoms with E-state index in [1.54, 1.807) is 19.2 Å². The van der Waals surface area contributed by atoms with Gasteiger partial charge in [-0.05, 0) is 37.0 Å². The van der Waals surface area contributed by atoms with Crippen LogP contribution in [0.5, 0.6) is 11.5 Å². The molecule has 3 heterocycles. The van der Waals surface area contributed by atoms with Crippen molar-refractivity contribution >= 4 is 23.8 Å². The highest BCUT2D eigenvalue weighted by Gasteiger charge is 2.48. The van der Waals surface area contributed by atoms with Crippen LogP contribution < -0.4 is 9.47 Å². The molecule has 3 aliphatic rings. The average Bonchev–Trinajstić information content (AvgIpc) is 3.53. The van der Waals surface area contributed by atoms with E-state index in [4.69, 9.17) is 14.3 Å². The van der Waals surface area contributed by atoms with Crippen molar-refractivity contribution in [2.45, 2.75) is 51.5 Å². The van der Waals surface area contributed by atoms with E-state index >= 15 is 0 Å². The number of ether oxygens (including phenoxy) is 2. The van der Waals surface area contributed by atoms with E-state index in [9.17, 15) is 24.3 Å². The van der Waals surface area contributed by atoms with Crippen LogP contribution in [0.25, 0.3) is 0 Å². The first-order valence-electron chi connectivity index (χ1n) is 13.6. The van der Waals surface area contributed by atoms with Crippen LogP contribution in [-0.2, 0) is 19.2 Å². The number of carbonyl (C=O) groups is 4. The highest BCUT2D eigenvalue weighted by Crippen LogP contribution is 2.42. The minimum Gasteiger partial charge on any atom is -0.481 e. The van der Waals surface area contributed by atoms with Crippen LogP contribution in [0.2, 0.25) is 0 Å². The van der Waals surface area contributed by atoms with Gasteiger partial charge in [0, 0.05) is 51.6 Å². The number of urea groups is 1. The minimum atomic E-state index is -1.00. The first kappa shape index (κ1) is 28.6. The summed E-state index contributed by atoms with van der Waals surface area (Å²) in [6.07, 6.45) is 1.90. The molecule has 3 atom stereocenters. The maximum absolute atomic E-state index is 13.3. The number of aliphatic carboxylic acids is 1. The number of imide groups is 1. The molecular weight excluding hydrogens is 508 g/mol. The van der Waals surface area contributed by atoms with Crippen molar-refractivity contribution in [3.63, 3.8) is 0 Å². The van der Waals surface area contributed by atoms with Gasteiger partial charge < -0.3 is 19.5 Å². The number of fused-ring (bicyclic) bond motifs is 1. The van der Waals surface area contributed by atoms with Crippen LogP contribution in [0.15, 0.2) is 18.2 Å². The first-order valence-corrected chi connectivity index (χ1v) is 13.6. The molecule has 2 saturated heterocycles. The van der Waals surface area contributed by atoms with Crippen molar-refractivity contribution in [3.8, 4) is 11.5 Å². The molecule has 12 nitrogen and oxygen atoms in total. The summed E-state index contributed by atoms with van der Waals surface area (Å²) in [6, 6.07) is 4.40. The fraction of sp³-hybridized carbons (Fsp3) is 0.630. The Hall–Kier alpha value is -3.38. The zero-order valence-electron chi connectivity index (χ0n) is 22.8. The summed E-state index contributed by atoms with van der Waals surface area (Å²) in [5, 5.41) is 11.8. The van der Waals surface area contributed by atoms with Crippen LogP contribution in [0.3, 0.4) is 0 Å². The average molecular weight is 547 g/mol. The molecule has 0 saturated carbocycles. The molecule has 0 radical (unpaired) electrons. The number of rotatable bonds is 12. The molecule has 0 aromatic heterocycles. The summed E-state index contributed by atoms with van der Waals surface area (Å²) in [4.78, 5) is 61.4. The number of nitrogens with zero attached hydrogens (tertiary/aromatic N) is 4. The predicted molar refractivity (Wildman–Crippen MR) is 139 cm³/mol. The molecule has 39 heavy (non-hydrogen) atoms. The lowest BCUT2D eigenvalue weighted by atomic mass is 9.84. The summed E-state index contributed by atoms with van der Waals surface area (Å²) < 4.78 is 10.9. The van der Waals surface area contributed by atoms with Crippen molar-refractivity contribution in [2.24, 2.45) is 5.92 Å². The second-order valence-corrected chi connectivity index (χ2v) is 10.2. The number of amides is 4. The van der Waals surface area contributed by atoms with Crippen molar-refractivity contribution in [1.82, 2.24) is 19.8 Å². The lowest BCUT2D eigenvalue weighted by molar-refractivity contribution is -0.188. The second-order valence-electron chi connectivity index (χ2n) is 10.2. The fourth-order valence-corrected chi connectivity index (χ4v) is 5.54. The highest BCUT2D eigenvalue weighted by molar-refractivity contribution is 5.96. The molecule has 0 spiro atoms. The molecule has 0 aliphatic carbocycles. The van der Waals surface area contributed by atoms with Gasteiger partial charge in [-0.15, -0.1) is 0 Å². The summed E-state index contributed by atoms with van der Waals surface area (Å²) >= 11 is 0. The van der Waals surface area contributed by atoms with Gasteiger partial charge in [-0.1, -0.05) is 19.9 Å². The second kappa shape index (κ2) is 12.6. The molecule has 1 aromatic rings. The molecule has 12 heteroatoms. The molecule has 1 unspecified atom stereocenters. The summed E-state index contributed by atoms with van der Waals surface area (Å²) in [5.41, 5.74) is 0.768. The molecule has 2 fully saturated rings. The predicted octanol–water partition coefficient (Wildman–Crippen LogP) is 2.14. The zero-order chi connectivity index (χ0) is 28.1. The Morgan fingerprint density at radius 3 is 2.64 bits per heavy atom. The van der Waals surface area contributed by atoms with Gasteiger partial charge >= 0.3 is 12.0 Å². The van der Waals surface area contributed by atoms with Gasteiger partial charge in [0.1, 0.15) is 0 Å². The molecule has 4 rings (SSSR count). The van der Waals surface area contributed by atoms with Gasteiger partial charge in [-0.2, -0.15) is 0 Å². The van der Waals surface area contributed by atoms with Gasteiger partial charge in [0.05, 0.1) is 19.1 Å². The fourth-order valence-electron chi connectivity index (χ4n) is 5.54. The van der Waals surface area contributed by atoms with Crippen molar-refractivity contribution in [3.05, 3.63) is 23.8 Å². The number of hydrogen-bond donors (Lipinski definition) is 1. The highest BCUT2D eigenvalue weighted by atomic mass is 16.7. The molecule has 4 amide bonds. The Kier molecular flexibility index (Phi) is 9.28. The van der Waals surface area contributed by atoms with Crippen molar-refractivity contribution in [1.29, 1.82) is 0 Å². The minimum absolute atomic E-state index is 0.0407. The maximum Gasteiger partial charge on any atom is 0.326 e. The smallest absolute Gasteiger partial charge is 0.326 e. The SMILES string of the molecule is CCCON(CCC)C(=O)CN1C[C@H](c2ccc3c(c2)OCO3)C(C(=O)O)[C@@H]1CCN1C(=O)CCN(C)C1=O. The number of benzene rings is 1. The Bertz CT molecular complexity index is 1080. The normalized spacial score (nSPS) is 23.0. The van der Waals surface area contributed by atoms with Crippen LogP contribution in [0.1, 0.15) is 51.0 Å². The third-order valence-electron chi connectivity index (χ3n) is 7.52. The number of carboxylic acid groups (broad SMARTS) is 1. The number of likely N-dealkylation sites (tertiary alicyclic amines) is 1. The summed E-state index contributed by atoms with van der Waals surface area (Å²) in [7, 11) is 1.64. The number of carboxylic acids is 1.